The van der Waals surface area contributed by atoms with Gasteiger partial charge in [-0.25, -0.2) is 0 Å². The van der Waals surface area contributed by atoms with Gasteiger partial charge in [-0.1, -0.05) is 105 Å². The van der Waals surface area contributed by atoms with Gasteiger partial charge in [0.1, 0.15) is 0 Å². The summed E-state index contributed by atoms with van der Waals surface area (Å²) in [6.07, 6.45) is 0. The minimum absolute atomic E-state index is 0.0776. The molecule has 0 aliphatic heterocycles. The van der Waals surface area contributed by atoms with Crippen LogP contribution in [0.5, 0.6) is 0 Å². The van der Waals surface area contributed by atoms with Crippen LogP contribution in [0.25, 0.3) is 0 Å². The minimum Gasteiger partial charge on any atom is -0.469 e. The van der Waals surface area contributed by atoms with Gasteiger partial charge in [0.25, 0.3) is 0 Å². The Bertz CT molecular complexity index is 1040. The number of ether oxygens (including phenoxy) is 1. The van der Waals surface area contributed by atoms with Crippen LogP contribution in [0, 0.1) is 11.3 Å². The predicted molar refractivity (Wildman–Crippen MR) is 115 cm³/mol. The van der Waals surface area contributed by atoms with Crippen molar-refractivity contribution in [2.45, 2.75) is 30.6 Å². The van der Waals surface area contributed by atoms with Gasteiger partial charge < -0.3 is 4.74 Å². The molecule has 0 amide bonds. The van der Waals surface area contributed by atoms with Crippen molar-refractivity contribution in [2.24, 2.45) is 11.3 Å². The molecule has 29 heavy (non-hydrogen) atoms. The molecule has 146 valence electrons. The van der Waals surface area contributed by atoms with Gasteiger partial charge in [-0.15, -0.1) is 0 Å². The maximum absolute atomic E-state index is 13.2. The molecule has 3 aromatic rings. The van der Waals surface area contributed by atoms with Crippen LogP contribution < -0.4 is 0 Å². The molecule has 2 nitrogen and oxygen atoms in total. The van der Waals surface area contributed by atoms with E-state index in [9.17, 15) is 4.79 Å². The molecule has 2 aliphatic carbocycles. The molecule has 2 saturated carbocycles. The molecule has 2 fully saturated rings. The molecule has 0 bridgehead atoms. The fraction of sp³-hybridized carbons (Fsp3) is 0.296. The second kappa shape index (κ2) is 6.06. The highest BCUT2D eigenvalue weighted by molar-refractivity contribution is 5.86. The lowest BCUT2D eigenvalue weighted by molar-refractivity contribution is -0.152. The first-order valence-corrected chi connectivity index (χ1v) is 10.3. The molecule has 2 heteroatoms. The highest BCUT2D eigenvalue weighted by Gasteiger charge is 2.97. The first-order chi connectivity index (χ1) is 14.0. The fourth-order valence-corrected chi connectivity index (χ4v) is 7.10. The number of hydrogen-bond donors (Lipinski definition) is 0. The maximum atomic E-state index is 13.2. The summed E-state index contributed by atoms with van der Waals surface area (Å²) in [5, 5.41) is 0. The van der Waals surface area contributed by atoms with E-state index < -0.39 is 0 Å². The molecule has 0 unspecified atom stereocenters. The Morgan fingerprint density at radius 3 is 1.66 bits per heavy atom. The molecule has 2 aliphatic rings. The van der Waals surface area contributed by atoms with Crippen molar-refractivity contribution < 1.29 is 9.53 Å². The molecule has 0 heterocycles. The molecule has 0 radical (unpaired) electrons. The highest BCUT2D eigenvalue weighted by atomic mass is 16.5. The molecule has 0 N–H and O–H groups in total. The summed E-state index contributed by atoms with van der Waals surface area (Å²) in [5.41, 5.74) is 3.23. The van der Waals surface area contributed by atoms with E-state index in [1.165, 1.54) is 23.8 Å². The quantitative estimate of drug-likeness (QED) is 0.558. The predicted octanol–water partition coefficient (Wildman–Crippen LogP) is 5.49. The minimum atomic E-state index is -0.282. The maximum Gasteiger partial charge on any atom is 0.310 e. The van der Waals surface area contributed by atoms with E-state index in [2.05, 4.69) is 92.7 Å². The zero-order valence-corrected chi connectivity index (χ0v) is 17.1. The van der Waals surface area contributed by atoms with Crippen LogP contribution in [0.3, 0.4) is 0 Å². The van der Waals surface area contributed by atoms with E-state index in [4.69, 9.17) is 4.74 Å². The number of fused-ring (bicyclic) bond motifs is 1. The summed E-state index contributed by atoms with van der Waals surface area (Å²) in [6.45, 7) is 4.65. The average molecular weight is 383 g/mol. The number of hydrogen-bond acceptors (Lipinski definition) is 2. The normalized spacial score (nSPS) is 31.3. The average Bonchev–Trinajstić information content (AvgIpc) is 3.13. The van der Waals surface area contributed by atoms with Gasteiger partial charge >= 0.3 is 5.97 Å². The van der Waals surface area contributed by atoms with Crippen molar-refractivity contribution in [3.05, 3.63) is 108 Å². The highest BCUT2D eigenvalue weighted by Crippen LogP contribution is 2.94. The SMILES string of the molecule is COC(=O)[C@@H]1[C@H](c2ccccc2)[C@]2(c3ccccc3)C(C)(C)[C@]12c1ccccc1. The van der Waals surface area contributed by atoms with Gasteiger partial charge in [-0.05, 0) is 22.1 Å². The van der Waals surface area contributed by atoms with Crippen molar-refractivity contribution in [2.75, 3.05) is 7.11 Å². The van der Waals surface area contributed by atoms with Crippen molar-refractivity contribution in [3.63, 3.8) is 0 Å². The van der Waals surface area contributed by atoms with Crippen LogP contribution in [0.2, 0.25) is 0 Å². The van der Waals surface area contributed by atoms with Crippen molar-refractivity contribution >= 4 is 5.97 Å². The van der Waals surface area contributed by atoms with Crippen LogP contribution in [-0.2, 0) is 20.4 Å². The van der Waals surface area contributed by atoms with Gasteiger partial charge in [-0.2, -0.15) is 0 Å². The first kappa shape index (κ1) is 18.2. The van der Waals surface area contributed by atoms with Crippen LogP contribution in [0.4, 0.5) is 0 Å². The second-order valence-electron chi connectivity index (χ2n) is 8.86. The number of rotatable bonds is 4. The van der Waals surface area contributed by atoms with Crippen LogP contribution >= 0.6 is 0 Å². The monoisotopic (exact) mass is 382 g/mol. The molecule has 0 spiro atoms. The fourth-order valence-electron chi connectivity index (χ4n) is 7.10. The van der Waals surface area contributed by atoms with Gasteiger partial charge in [0.05, 0.1) is 13.0 Å². The zero-order valence-electron chi connectivity index (χ0n) is 17.1. The smallest absolute Gasteiger partial charge is 0.310 e. The zero-order chi connectivity index (χ0) is 20.3. The third kappa shape index (κ3) is 1.90. The van der Waals surface area contributed by atoms with Gasteiger partial charge in [0.2, 0.25) is 0 Å². The molecular formula is C27H26O2. The summed E-state index contributed by atoms with van der Waals surface area (Å²) in [6, 6.07) is 31.8. The lowest BCUT2D eigenvalue weighted by Crippen LogP contribution is -2.54. The Morgan fingerprint density at radius 2 is 1.17 bits per heavy atom. The van der Waals surface area contributed by atoms with Crippen molar-refractivity contribution in [1.82, 2.24) is 0 Å². The summed E-state index contributed by atoms with van der Waals surface area (Å²) in [5.74, 6) is -0.249. The second-order valence-corrected chi connectivity index (χ2v) is 8.86. The number of benzene rings is 3. The van der Waals surface area contributed by atoms with Crippen molar-refractivity contribution in [3.8, 4) is 0 Å². The number of carbonyl (C=O) groups is 1. The Morgan fingerprint density at radius 1 is 0.724 bits per heavy atom. The number of carbonyl (C=O) groups excluding carboxylic acids is 1. The largest absolute Gasteiger partial charge is 0.469 e. The third-order valence-corrected chi connectivity index (χ3v) is 7.87. The van der Waals surface area contributed by atoms with Gasteiger partial charge in [0, 0.05) is 16.7 Å². The van der Waals surface area contributed by atoms with E-state index in [0.29, 0.717) is 0 Å². The number of methoxy groups -OCH3 is 1. The standard InChI is InChI=1S/C27H26O2/c1-25(2)26(20-15-9-5-10-16-20)22(19-13-7-4-8-14-19)23(24(28)29-3)27(25,26)21-17-11-6-12-18-21/h4-18,22-23H,1-3H3/t22-,23-,26+,27-/m0/s1. The molecule has 0 saturated heterocycles. The van der Waals surface area contributed by atoms with Crippen LogP contribution in [0.15, 0.2) is 91.0 Å². The molecule has 5 rings (SSSR count). The third-order valence-electron chi connectivity index (χ3n) is 7.87. The van der Waals surface area contributed by atoms with E-state index in [0.717, 1.165) is 0 Å². The van der Waals surface area contributed by atoms with E-state index in [1.54, 1.807) is 0 Å². The summed E-state index contributed by atoms with van der Waals surface area (Å²) >= 11 is 0. The molecular weight excluding hydrogens is 356 g/mol. The number of esters is 1. The van der Waals surface area contributed by atoms with Gasteiger partial charge in [-0.3, -0.25) is 4.79 Å². The van der Waals surface area contributed by atoms with Crippen molar-refractivity contribution in [1.29, 1.82) is 0 Å². The first-order valence-electron chi connectivity index (χ1n) is 10.3. The summed E-state index contributed by atoms with van der Waals surface area (Å²) in [7, 11) is 1.51. The van der Waals surface area contributed by atoms with Crippen LogP contribution in [-0.4, -0.2) is 13.1 Å². The Labute approximate surface area is 172 Å². The Balaban J connectivity index is 1.82. The Kier molecular flexibility index (Phi) is 3.80. The Hall–Kier alpha value is -2.87. The molecule has 0 aromatic heterocycles. The molecule has 3 aromatic carbocycles. The lowest BCUT2D eigenvalue weighted by Gasteiger charge is -2.50. The van der Waals surface area contributed by atoms with E-state index >= 15 is 0 Å². The summed E-state index contributed by atoms with van der Waals surface area (Å²) < 4.78 is 5.38. The van der Waals surface area contributed by atoms with E-state index in [1.807, 2.05) is 12.1 Å². The van der Waals surface area contributed by atoms with E-state index in [-0.39, 0.29) is 34.1 Å². The summed E-state index contributed by atoms with van der Waals surface area (Å²) in [4.78, 5) is 13.2. The lowest BCUT2D eigenvalue weighted by atomic mass is 9.51. The molecule has 4 atom stereocenters. The van der Waals surface area contributed by atoms with Gasteiger partial charge in [0.15, 0.2) is 0 Å². The van der Waals surface area contributed by atoms with Crippen LogP contribution in [0.1, 0.15) is 36.5 Å². The topological polar surface area (TPSA) is 26.3 Å².